The second-order valence-corrected chi connectivity index (χ2v) is 16.2. The van der Waals surface area contributed by atoms with E-state index in [1.54, 1.807) is 0 Å². The van der Waals surface area contributed by atoms with Gasteiger partial charge >= 0.3 is 0 Å². The van der Waals surface area contributed by atoms with E-state index in [4.69, 9.17) is 0 Å². The molecule has 0 fully saturated rings. The number of nitrogens with one attached hydrogen (secondary N) is 1. The van der Waals surface area contributed by atoms with E-state index in [1.165, 1.54) is 65.3 Å². The first-order chi connectivity index (χ1) is 32.8. The number of anilines is 5. The summed E-state index contributed by atoms with van der Waals surface area (Å²) in [6, 6.07) is 101. The third kappa shape index (κ3) is 9.17. The lowest BCUT2D eigenvalue weighted by Crippen LogP contribution is -2.09. The van der Waals surface area contributed by atoms with Crippen LogP contribution in [0.1, 0.15) is 0 Å². The van der Waals surface area contributed by atoms with Crippen molar-refractivity contribution < 1.29 is 0 Å². The molecule has 1 N–H and O–H groups in total. The summed E-state index contributed by atoms with van der Waals surface area (Å²) in [6.07, 6.45) is 0. The lowest BCUT2D eigenvalue weighted by Gasteiger charge is -2.27. The van der Waals surface area contributed by atoms with E-state index in [2.05, 4.69) is 223 Å². The van der Waals surface area contributed by atoms with Gasteiger partial charge in [-0.05, 0) is 138 Å². The van der Waals surface area contributed by atoms with Crippen LogP contribution >= 0.6 is 0 Å². The smallest absolute Gasteiger partial charge is 0.0468 e. The predicted molar refractivity (Wildman–Crippen MR) is 285 cm³/mol. The lowest BCUT2D eigenvalue weighted by molar-refractivity contribution is 1.29. The highest BCUT2D eigenvalue weighted by molar-refractivity contribution is 6.23. The number of hydrogen-bond acceptors (Lipinski definition) is 2. The first-order valence-electron chi connectivity index (χ1n) is 22.5. The van der Waals surface area contributed by atoms with Crippen molar-refractivity contribution in [3.63, 3.8) is 0 Å². The number of nitrogens with zero attached hydrogens (tertiary/aromatic N) is 1. The molecule has 0 saturated heterocycles. The van der Waals surface area contributed by atoms with Gasteiger partial charge in [0.05, 0.1) is 0 Å². The van der Waals surface area contributed by atoms with Crippen molar-refractivity contribution in [1.29, 1.82) is 0 Å². The highest BCUT2D eigenvalue weighted by atomic mass is 15.1. The quantitative estimate of drug-likeness (QED) is 0.161. The van der Waals surface area contributed by atoms with Crippen LogP contribution < -0.4 is 10.2 Å². The van der Waals surface area contributed by atoms with E-state index < -0.39 is 0 Å². The first-order valence-corrected chi connectivity index (χ1v) is 22.5. The summed E-state index contributed by atoms with van der Waals surface area (Å²) in [5.74, 6) is 0. The maximum absolute atomic E-state index is 3.69. The Hall–Kier alpha value is -8.72. The zero-order valence-electron chi connectivity index (χ0n) is 36.6. The van der Waals surface area contributed by atoms with Crippen molar-refractivity contribution >= 4 is 71.5 Å². The van der Waals surface area contributed by atoms with Crippen LogP contribution in [0.2, 0.25) is 0 Å². The molecule has 2 nitrogen and oxygen atoms in total. The van der Waals surface area contributed by atoms with Crippen molar-refractivity contribution in [2.45, 2.75) is 0 Å². The molecule has 0 saturated carbocycles. The molecule has 0 aliphatic carbocycles. The van der Waals surface area contributed by atoms with E-state index in [1.807, 2.05) is 72.8 Å². The van der Waals surface area contributed by atoms with E-state index in [9.17, 15) is 0 Å². The summed E-state index contributed by atoms with van der Waals surface area (Å²) in [6.45, 7) is 0. The normalized spacial score (nSPS) is 10.7. The van der Waals surface area contributed by atoms with Gasteiger partial charge in [0.15, 0.2) is 0 Å². The van der Waals surface area contributed by atoms with Crippen LogP contribution in [0.5, 0.6) is 0 Å². The van der Waals surface area contributed by atoms with Crippen molar-refractivity contribution in [2.24, 2.45) is 0 Å². The third-order valence-corrected chi connectivity index (χ3v) is 11.9. The summed E-state index contributed by atoms with van der Waals surface area (Å²) >= 11 is 0. The zero-order valence-corrected chi connectivity index (χ0v) is 36.6. The molecule has 66 heavy (non-hydrogen) atoms. The maximum atomic E-state index is 3.69. The zero-order chi connectivity index (χ0) is 44.3. The fourth-order valence-corrected chi connectivity index (χ4v) is 8.80. The van der Waals surface area contributed by atoms with Gasteiger partial charge in [-0.15, -0.1) is 0 Å². The Labute approximate surface area is 387 Å². The summed E-state index contributed by atoms with van der Waals surface area (Å²) in [5, 5.41) is 13.4. The molecule has 0 aromatic heterocycles. The lowest BCUT2D eigenvalue weighted by atomic mass is 9.84. The number of para-hydroxylation sites is 3. The average Bonchev–Trinajstić information content (AvgIpc) is 3.40. The van der Waals surface area contributed by atoms with Crippen LogP contribution in [0.15, 0.2) is 285 Å². The van der Waals surface area contributed by atoms with Crippen LogP contribution in [-0.4, -0.2) is 0 Å². The molecule has 12 rings (SSSR count). The summed E-state index contributed by atoms with van der Waals surface area (Å²) in [5.41, 5.74) is 10.3. The molecule has 0 amide bonds. The summed E-state index contributed by atoms with van der Waals surface area (Å²) in [7, 11) is 0. The van der Waals surface area contributed by atoms with Crippen LogP contribution in [0.4, 0.5) is 28.4 Å². The largest absolute Gasteiger partial charge is 0.356 e. The minimum absolute atomic E-state index is 1.05. The molecule has 0 atom stereocenters. The molecule has 12 aromatic rings. The van der Waals surface area contributed by atoms with Crippen LogP contribution in [-0.2, 0) is 0 Å². The SMILES string of the molecule is c1ccc(Nc2ccc3c(-c4ccc5ccccc5c4)c4cc(N(c5ccccc5)c5ccccc5)ccc4c(-c4ccc5ccccc5c4)c3c2)cc1.c1ccccc1.c1ccccc1. The Morgan fingerprint density at radius 3 is 1.08 bits per heavy atom. The van der Waals surface area contributed by atoms with Gasteiger partial charge < -0.3 is 10.2 Å². The van der Waals surface area contributed by atoms with Crippen molar-refractivity contribution in [1.82, 2.24) is 0 Å². The number of hydrogen-bond donors (Lipinski definition) is 1. The minimum atomic E-state index is 1.05. The number of benzene rings is 12. The molecule has 2 heteroatoms. The molecule has 0 spiro atoms. The fourth-order valence-electron chi connectivity index (χ4n) is 8.80. The molecule has 0 radical (unpaired) electrons. The van der Waals surface area contributed by atoms with E-state index in [0.29, 0.717) is 0 Å². The molecular formula is C64H48N2. The molecule has 0 aliphatic heterocycles. The number of fused-ring (bicyclic) bond motifs is 4. The van der Waals surface area contributed by atoms with Gasteiger partial charge in [0, 0.05) is 28.4 Å². The Morgan fingerprint density at radius 1 is 0.227 bits per heavy atom. The van der Waals surface area contributed by atoms with Crippen molar-refractivity contribution in [3.8, 4) is 22.3 Å². The van der Waals surface area contributed by atoms with E-state index in [-0.39, 0.29) is 0 Å². The second kappa shape index (κ2) is 19.8. The Balaban J connectivity index is 0.000000372. The highest BCUT2D eigenvalue weighted by Gasteiger charge is 2.21. The molecule has 12 aromatic carbocycles. The second-order valence-electron chi connectivity index (χ2n) is 16.2. The van der Waals surface area contributed by atoms with Gasteiger partial charge in [-0.1, -0.05) is 212 Å². The topological polar surface area (TPSA) is 15.3 Å². The third-order valence-electron chi connectivity index (χ3n) is 11.9. The van der Waals surface area contributed by atoms with Crippen LogP contribution in [0.3, 0.4) is 0 Å². The molecule has 0 unspecified atom stereocenters. The minimum Gasteiger partial charge on any atom is -0.356 e. The van der Waals surface area contributed by atoms with Gasteiger partial charge in [0.25, 0.3) is 0 Å². The predicted octanol–water partition coefficient (Wildman–Crippen LogP) is 18.2. The Morgan fingerprint density at radius 2 is 0.606 bits per heavy atom. The Bertz CT molecular complexity index is 3360. The highest BCUT2D eigenvalue weighted by Crippen LogP contribution is 2.48. The molecule has 0 aliphatic rings. The summed E-state index contributed by atoms with van der Waals surface area (Å²) in [4.78, 5) is 2.36. The number of rotatable bonds is 7. The van der Waals surface area contributed by atoms with Gasteiger partial charge in [-0.3, -0.25) is 0 Å². The molecule has 0 heterocycles. The molecule has 0 bridgehead atoms. The summed E-state index contributed by atoms with van der Waals surface area (Å²) < 4.78 is 0. The van der Waals surface area contributed by atoms with Crippen LogP contribution in [0, 0.1) is 0 Å². The van der Waals surface area contributed by atoms with Gasteiger partial charge in [0.2, 0.25) is 0 Å². The van der Waals surface area contributed by atoms with E-state index in [0.717, 1.165) is 28.4 Å². The molecular weight excluding hydrogens is 797 g/mol. The fraction of sp³-hybridized carbons (Fsp3) is 0. The first kappa shape index (κ1) is 41.3. The van der Waals surface area contributed by atoms with Gasteiger partial charge in [-0.2, -0.15) is 0 Å². The van der Waals surface area contributed by atoms with Crippen molar-refractivity contribution in [3.05, 3.63) is 285 Å². The average molecular weight is 845 g/mol. The van der Waals surface area contributed by atoms with E-state index >= 15 is 0 Å². The Kier molecular flexibility index (Phi) is 12.4. The van der Waals surface area contributed by atoms with Gasteiger partial charge in [-0.25, -0.2) is 0 Å². The maximum Gasteiger partial charge on any atom is 0.0468 e. The standard InChI is InChI=1S/C52H36N2.2C6H6/c1-4-18-42(19-5-1)53-43-28-30-47-49(34-43)51(40-26-24-36-14-10-12-16-38(36)32-40)48-31-29-46(54(44-20-6-2-7-21-44)45-22-8-3-9-23-45)35-50(48)52(47)41-27-25-37-15-11-13-17-39(37)33-41;2*1-2-4-6-5-3-1/h1-35,53H;2*1-6H. The van der Waals surface area contributed by atoms with Gasteiger partial charge in [0.1, 0.15) is 0 Å². The molecule has 314 valence electrons. The van der Waals surface area contributed by atoms with Crippen molar-refractivity contribution in [2.75, 3.05) is 10.2 Å². The monoisotopic (exact) mass is 844 g/mol. The van der Waals surface area contributed by atoms with Crippen LogP contribution in [0.25, 0.3) is 65.3 Å².